The number of rotatable bonds is 7. The third-order valence-electron chi connectivity index (χ3n) is 12.2. The van der Waals surface area contributed by atoms with Gasteiger partial charge in [-0.25, -0.2) is 0 Å². The fourth-order valence-electron chi connectivity index (χ4n) is 9.41. The van der Waals surface area contributed by atoms with E-state index in [1.807, 2.05) is 0 Å². The fourth-order valence-corrected chi connectivity index (χ4v) is 9.41. The van der Waals surface area contributed by atoms with Crippen LogP contribution in [0, 0.1) is 0 Å². The number of anilines is 3. The first-order valence-corrected chi connectivity index (χ1v) is 20.8. The van der Waals surface area contributed by atoms with Gasteiger partial charge in [-0.15, -0.1) is 0 Å². The maximum atomic E-state index is 6.98. The topological polar surface area (TPSA) is 21.3 Å². The van der Waals surface area contributed by atoms with Gasteiger partial charge >= 0.3 is 0 Å². The molecule has 3 heteroatoms. The lowest BCUT2D eigenvalue weighted by molar-refractivity contribution is 0.636. The van der Waals surface area contributed by atoms with Gasteiger partial charge in [0.05, 0.1) is 11.0 Å². The molecule has 2 aromatic heterocycles. The molecule has 0 fully saturated rings. The van der Waals surface area contributed by atoms with Crippen molar-refractivity contribution >= 4 is 71.4 Å². The highest BCUT2D eigenvalue weighted by Crippen LogP contribution is 2.48. The Labute approximate surface area is 353 Å². The Hall–Kier alpha value is -8.14. The summed E-state index contributed by atoms with van der Waals surface area (Å²) in [5.41, 5.74) is 13.4. The van der Waals surface area contributed by atoms with Crippen LogP contribution in [0.4, 0.5) is 17.1 Å². The SMILES string of the molecule is c1ccc(-c2oc3c4ccccc4c4ccccc4c3c2-c2ccc(N(c3ccccc3)c3ccc(-c4ccc5c(c4)c4ccccc4n5-c4ccccc4)cc3)cc2)cc1. The Morgan fingerprint density at radius 2 is 0.820 bits per heavy atom. The van der Waals surface area contributed by atoms with Gasteiger partial charge in [-0.2, -0.15) is 0 Å². The molecule has 0 saturated carbocycles. The summed E-state index contributed by atoms with van der Waals surface area (Å²) in [6.45, 7) is 0. The first-order chi connectivity index (χ1) is 30.3. The number of aromatic nitrogens is 1. The maximum absolute atomic E-state index is 6.98. The highest BCUT2D eigenvalue weighted by Gasteiger charge is 2.23. The molecular formula is C58H38N2O. The lowest BCUT2D eigenvalue weighted by Gasteiger charge is -2.26. The highest BCUT2D eigenvalue weighted by molar-refractivity contribution is 6.28. The van der Waals surface area contributed by atoms with Gasteiger partial charge in [-0.05, 0) is 99.6 Å². The average molecular weight is 779 g/mol. The van der Waals surface area contributed by atoms with Crippen molar-refractivity contribution in [3.05, 3.63) is 231 Å². The van der Waals surface area contributed by atoms with Crippen LogP contribution in [-0.2, 0) is 0 Å². The van der Waals surface area contributed by atoms with Crippen LogP contribution >= 0.6 is 0 Å². The second kappa shape index (κ2) is 14.3. The normalized spacial score (nSPS) is 11.6. The fraction of sp³-hybridized carbons (Fsp3) is 0. The van der Waals surface area contributed by atoms with E-state index in [4.69, 9.17) is 4.42 Å². The van der Waals surface area contributed by atoms with Crippen LogP contribution in [0.25, 0.3) is 93.6 Å². The van der Waals surface area contributed by atoms with E-state index in [0.29, 0.717) is 0 Å². The van der Waals surface area contributed by atoms with E-state index in [1.54, 1.807) is 0 Å². The number of benzene rings is 10. The smallest absolute Gasteiger partial charge is 0.143 e. The number of hydrogen-bond acceptors (Lipinski definition) is 2. The highest BCUT2D eigenvalue weighted by atomic mass is 16.3. The zero-order valence-corrected chi connectivity index (χ0v) is 33.2. The van der Waals surface area contributed by atoms with Gasteiger partial charge in [0, 0.05) is 55.4 Å². The number of furan rings is 1. The predicted molar refractivity (Wildman–Crippen MR) is 257 cm³/mol. The first-order valence-electron chi connectivity index (χ1n) is 20.8. The molecule has 0 unspecified atom stereocenters. The molecular weight excluding hydrogens is 741 g/mol. The van der Waals surface area contributed by atoms with E-state index in [2.05, 4.69) is 240 Å². The van der Waals surface area contributed by atoms with Crippen LogP contribution in [0.1, 0.15) is 0 Å². The number of hydrogen-bond donors (Lipinski definition) is 0. The lowest BCUT2D eigenvalue weighted by atomic mass is 9.92. The molecule has 0 bridgehead atoms. The van der Waals surface area contributed by atoms with Gasteiger partial charge in [-0.1, -0.05) is 164 Å². The average Bonchev–Trinajstić information content (AvgIpc) is 3.90. The Morgan fingerprint density at radius 3 is 1.51 bits per heavy atom. The van der Waals surface area contributed by atoms with Gasteiger partial charge < -0.3 is 13.9 Å². The molecule has 0 aliphatic rings. The van der Waals surface area contributed by atoms with Crippen LogP contribution in [0.15, 0.2) is 235 Å². The summed E-state index contributed by atoms with van der Waals surface area (Å²) in [6, 6.07) is 82.6. The number of nitrogens with zero attached hydrogens (tertiary/aromatic N) is 2. The van der Waals surface area contributed by atoms with Crippen molar-refractivity contribution in [1.29, 1.82) is 0 Å². The second-order valence-electron chi connectivity index (χ2n) is 15.7. The molecule has 0 aliphatic heterocycles. The molecule has 0 N–H and O–H groups in total. The standard InChI is InChI=1S/C58H38N2O/c1-4-16-41(17-5-1)57-55(56-50-25-12-10-22-47(50)48-23-11-13-26-51(48)58(56)61-57)40-30-35-46(36-31-40)59(43-18-6-2-7-19-43)45-33-28-39(29-34-45)42-32-37-54-52(38-42)49-24-14-15-27-53(49)60(54)44-20-8-3-9-21-44/h1-38H. The molecule has 10 aromatic carbocycles. The summed E-state index contributed by atoms with van der Waals surface area (Å²) in [6.07, 6.45) is 0. The Bertz CT molecular complexity index is 3550. The van der Waals surface area contributed by atoms with Crippen molar-refractivity contribution in [3.63, 3.8) is 0 Å². The quantitative estimate of drug-likeness (QED) is 0.150. The van der Waals surface area contributed by atoms with Crippen LogP contribution < -0.4 is 4.90 Å². The van der Waals surface area contributed by atoms with Crippen molar-refractivity contribution in [1.82, 2.24) is 4.57 Å². The third kappa shape index (κ3) is 5.74. The zero-order chi connectivity index (χ0) is 40.3. The van der Waals surface area contributed by atoms with Crippen LogP contribution in [-0.4, -0.2) is 4.57 Å². The van der Waals surface area contributed by atoms with E-state index in [9.17, 15) is 0 Å². The predicted octanol–water partition coefficient (Wildman–Crippen LogP) is 16.3. The molecule has 2 heterocycles. The summed E-state index contributed by atoms with van der Waals surface area (Å²) in [4.78, 5) is 2.33. The Balaban J connectivity index is 0.964. The molecule has 286 valence electrons. The van der Waals surface area contributed by atoms with Gasteiger partial charge in [0.1, 0.15) is 11.3 Å². The molecule has 0 saturated heterocycles. The third-order valence-corrected chi connectivity index (χ3v) is 12.2. The summed E-state index contributed by atoms with van der Waals surface area (Å²) in [7, 11) is 0. The van der Waals surface area contributed by atoms with E-state index >= 15 is 0 Å². The Morgan fingerprint density at radius 1 is 0.328 bits per heavy atom. The summed E-state index contributed by atoms with van der Waals surface area (Å²) in [5, 5.41) is 8.36. The van der Waals surface area contributed by atoms with Gasteiger partial charge in [0.2, 0.25) is 0 Å². The molecule has 0 amide bonds. The summed E-state index contributed by atoms with van der Waals surface area (Å²) < 4.78 is 9.34. The van der Waals surface area contributed by atoms with Crippen molar-refractivity contribution in [3.8, 4) is 39.3 Å². The molecule has 61 heavy (non-hydrogen) atoms. The summed E-state index contributed by atoms with van der Waals surface area (Å²) >= 11 is 0. The van der Waals surface area contributed by atoms with Gasteiger partial charge in [0.25, 0.3) is 0 Å². The first kappa shape index (κ1) is 34.9. The molecule has 12 rings (SSSR count). The van der Waals surface area contributed by atoms with Crippen molar-refractivity contribution in [2.24, 2.45) is 0 Å². The molecule has 0 radical (unpaired) electrons. The van der Waals surface area contributed by atoms with E-state index in [0.717, 1.165) is 61.6 Å². The van der Waals surface area contributed by atoms with Gasteiger partial charge in [0.15, 0.2) is 0 Å². The minimum absolute atomic E-state index is 0.878. The minimum atomic E-state index is 0.878. The summed E-state index contributed by atoms with van der Waals surface area (Å²) in [5.74, 6) is 0.878. The number of para-hydroxylation sites is 3. The number of fused-ring (bicyclic) bond motifs is 9. The van der Waals surface area contributed by atoms with Gasteiger partial charge in [-0.3, -0.25) is 0 Å². The molecule has 12 aromatic rings. The molecule has 3 nitrogen and oxygen atoms in total. The van der Waals surface area contributed by atoms with Crippen LogP contribution in [0.2, 0.25) is 0 Å². The Kier molecular flexibility index (Phi) is 8.17. The minimum Gasteiger partial charge on any atom is -0.455 e. The zero-order valence-electron chi connectivity index (χ0n) is 33.2. The van der Waals surface area contributed by atoms with E-state index in [1.165, 1.54) is 49.1 Å². The van der Waals surface area contributed by atoms with Crippen molar-refractivity contribution in [2.75, 3.05) is 4.90 Å². The largest absolute Gasteiger partial charge is 0.455 e. The molecule has 0 aliphatic carbocycles. The monoisotopic (exact) mass is 778 g/mol. The van der Waals surface area contributed by atoms with Crippen molar-refractivity contribution in [2.45, 2.75) is 0 Å². The second-order valence-corrected chi connectivity index (χ2v) is 15.7. The molecule has 0 spiro atoms. The lowest BCUT2D eigenvalue weighted by Crippen LogP contribution is -2.09. The van der Waals surface area contributed by atoms with Crippen LogP contribution in [0.5, 0.6) is 0 Å². The molecule has 0 atom stereocenters. The maximum Gasteiger partial charge on any atom is 0.143 e. The van der Waals surface area contributed by atoms with E-state index < -0.39 is 0 Å². The van der Waals surface area contributed by atoms with Crippen molar-refractivity contribution < 1.29 is 4.42 Å². The van der Waals surface area contributed by atoms with E-state index in [-0.39, 0.29) is 0 Å². The van der Waals surface area contributed by atoms with Crippen LogP contribution in [0.3, 0.4) is 0 Å².